The molecule has 1 aromatic carbocycles. The molecular weight excluding hydrogens is 303 g/mol. The Hall–Kier alpha value is -0.980. The van der Waals surface area contributed by atoms with E-state index in [2.05, 4.69) is 0 Å². The molecule has 0 amide bonds. The molecule has 0 N–H and O–H groups in total. The van der Waals surface area contributed by atoms with Gasteiger partial charge >= 0.3 is 0 Å². The minimum atomic E-state index is -3.38. The van der Waals surface area contributed by atoms with E-state index in [0.29, 0.717) is 0 Å². The molecule has 4 nitrogen and oxygen atoms in total. The van der Waals surface area contributed by atoms with Crippen LogP contribution in [0.2, 0.25) is 0 Å². The number of nitrogens with zero attached hydrogens (tertiary/aromatic N) is 2. The second kappa shape index (κ2) is 6.26. The Kier molecular flexibility index (Phi) is 4.94. The van der Waals surface area contributed by atoms with Crippen molar-refractivity contribution in [3.8, 4) is 0 Å². The third-order valence-corrected chi connectivity index (χ3v) is 7.12. The summed E-state index contributed by atoms with van der Waals surface area (Å²) in [7, 11) is 2.10. The van der Waals surface area contributed by atoms with Gasteiger partial charge in [-0.2, -0.15) is 4.31 Å². The summed E-state index contributed by atoms with van der Waals surface area (Å²) in [4.78, 5) is 2.03. The highest BCUT2D eigenvalue weighted by Gasteiger charge is 2.44. The Balaban J connectivity index is 2.16. The number of sulfonamides is 1. The molecule has 124 valence electrons. The van der Waals surface area contributed by atoms with Gasteiger partial charge in [-0.15, -0.1) is 0 Å². The fourth-order valence-electron chi connectivity index (χ4n) is 2.94. The number of rotatable bonds is 6. The summed E-state index contributed by atoms with van der Waals surface area (Å²) in [6.07, 6.45) is 2.90. The van der Waals surface area contributed by atoms with Gasteiger partial charge in [0.25, 0.3) is 0 Å². The Labute approximate surface area is 133 Å². The van der Waals surface area contributed by atoms with Crippen molar-refractivity contribution in [1.82, 2.24) is 9.21 Å². The average molecular weight is 328 g/mol. The van der Waals surface area contributed by atoms with E-state index in [1.165, 1.54) is 16.4 Å². The van der Waals surface area contributed by atoms with Crippen molar-refractivity contribution in [3.63, 3.8) is 0 Å². The van der Waals surface area contributed by atoms with Gasteiger partial charge in [0, 0.05) is 18.6 Å². The zero-order chi connectivity index (χ0) is 16.5. The van der Waals surface area contributed by atoms with Crippen molar-refractivity contribution < 1.29 is 12.8 Å². The van der Waals surface area contributed by atoms with Crippen LogP contribution in [0.4, 0.5) is 4.39 Å². The summed E-state index contributed by atoms with van der Waals surface area (Å²) in [6.45, 7) is 1.83. The van der Waals surface area contributed by atoms with Crippen molar-refractivity contribution in [2.75, 3.05) is 26.9 Å². The van der Waals surface area contributed by atoms with Gasteiger partial charge in [0.15, 0.2) is 0 Å². The Morgan fingerprint density at radius 2 is 1.73 bits per heavy atom. The molecule has 1 aromatic rings. The van der Waals surface area contributed by atoms with E-state index in [4.69, 9.17) is 0 Å². The highest BCUT2D eigenvalue weighted by Crippen LogP contribution is 2.38. The molecule has 1 aliphatic carbocycles. The second-order valence-electron chi connectivity index (χ2n) is 6.47. The first-order valence-corrected chi connectivity index (χ1v) is 9.17. The maximum Gasteiger partial charge on any atom is 0.216 e. The largest absolute Gasteiger partial charge is 0.303 e. The standard InChI is InChI=1S/C16H25FN2O2S/c1-13(14-6-8-15(17)9-7-14)19(4)22(20,21)12-16(18(2)3)10-5-11-16/h6-9,13H,5,10-12H2,1-4H3/t13-/m0/s1. The first kappa shape index (κ1) is 17.4. The van der Waals surface area contributed by atoms with E-state index < -0.39 is 10.0 Å². The molecule has 0 aromatic heterocycles. The van der Waals surface area contributed by atoms with Crippen molar-refractivity contribution >= 4 is 10.0 Å². The third kappa shape index (κ3) is 3.34. The van der Waals surface area contributed by atoms with Crippen LogP contribution in [-0.2, 0) is 10.0 Å². The lowest BCUT2D eigenvalue weighted by Crippen LogP contribution is -2.56. The van der Waals surface area contributed by atoms with Crippen molar-refractivity contribution in [2.24, 2.45) is 0 Å². The Morgan fingerprint density at radius 3 is 2.14 bits per heavy atom. The minimum Gasteiger partial charge on any atom is -0.303 e. The van der Waals surface area contributed by atoms with Crippen LogP contribution in [-0.4, -0.2) is 50.1 Å². The van der Waals surface area contributed by atoms with E-state index in [1.54, 1.807) is 19.2 Å². The van der Waals surface area contributed by atoms with Gasteiger partial charge < -0.3 is 4.90 Å². The maximum absolute atomic E-state index is 13.0. The van der Waals surface area contributed by atoms with E-state index in [0.717, 1.165) is 24.8 Å². The lowest BCUT2D eigenvalue weighted by Gasteiger charge is -2.47. The Bertz CT molecular complexity index is 610. The van der Waals surface area contributed by atoms with E-state index in [9.17, 15) is 12.8 Å². The molecule has 1 aliphatic rings. The lowest BCUT2D eigenvalue weighted by atomic mass is 9.77. The van der Waals surface area contributed by atoms with Gasteiger partial charge in [0.2, 0.25) is 10.0 Å². The average Bonchev–Trinajstić information content (AvgIpc) is 2.41. The SMILES string of the molecule is C[C@@H](c1ccc(F)cc1)N(C)S(=O)(=O)CC1(N(C)C)CCC1. The molecule has 6 heteroatoms. The van der Waals surface area contributed by atoms with Crippen molar-refractivity contribution in [3.05, 3.63) is 35.6 Å². The van der Waals surface area contributed by atoms with Crippen LogP contribution in [0.25, 0.3) is 0 Å². The van der Waals surface area contributed by atoms with Gasteiger partial charge in [-0.1, -0.05) is 12.1 Å². The molecule has 0 bridgehead atoms. The normalized spacial score (nSPS) is 19.2. The van der Waals surface area contributed by atoms with Crippen molar-refractivity contribution in [1.29, 1.82) is 0 Å². The van der Waals surface area contributed by atoms with Crippen LogP contribution in [0.3, 0.4) is 0 Å². The molecule has 0 heterocycles. The highest BCUT2D eigenvalue weighted by atomic mass is 32.2. The predicted octanol–water partition coefficient (Wildman–Crippen LogP) is 2.63. The summed E-state index contributed by atoms with van der Waals surface area (Å²) in [5.41, 5.74) is 0.551. The van der Waals surface area contributed by atoms with Gasteiger partial charge in [-0.3, -0.25) is 0 Å². The molecule has 1 fully saturated rings. The van der Waals surface area contributed by atoms with Crippen LogP contribution in [0, 0.1) is 5.82 Å². The molecule has 0 spiro atoms. The van der Waals surface area contributed by atoms with Crippen LogP contribution in [0.1, 0.15) is 37.8 Å². The van der Waals surface area contributed by atoms with Crippen LogP contribution in [0.5, 0.6) is 0 Å². The lowest BCUT2D eigenvalue weighted by molar-refractivity contribution is 0.0822. The van der Waals surface area contributed by atoms with Crippen LogP contribution in [0.15, 0.2) is 24.3 Å². The summed E-state index contributed by atoms with van der Waals surface area (Å²) in [5, 5.41) is 0. The third-order valence-electron chi connectivity index (χ3n) is 5.02. The smallest absolute Gasteiger partial charge is 0.216 e. The minimum absolute atomic E-state index is 0.134. The predicted molar refractivity (Wildman–Crippen MR) is 86.6 cm³/mol. The summed E-state index contributed by atoms with van der Waals surface area (Å²) >= 11 is 0. The van der Waals surface area contributed by atoms with Gasteiger partial charge in [-0.05, 0) is 58.0 Å². The fourth-order valence-corrected chi connectivity index (χ4v) is 4.97. The number of benzene rings is 1. The molecule has 1 atom stereocenters. The Morgan fingerprint density at radius 1 is 1.18 bits per heavy atom. The monoisotopic (exact) mass is 328 g/mol. The summed E-state index contributed by atoms with van der Waals surface area (Å²) in [5.74, 6) is -0.183. The first-order valence-electron chi connectivity index (χ1n) is 7.57. The molecule has 1 saturated carbocycles. The molecule has 0 saturated heterocycles. The number of hydrogen-bond acceptors (Lipinski definition) is 3. The molecule has 22 heavy (non-hydrogen) atoms. The number of hydrogen-bond donors (Lipinski definition) is 0. The van der Waals surface area contributed by atoms with Crippen LogP contribution >= 0.6 is 0 Å². The van der Waals surface area contributed by atoms with Gasteiger partial charge in [0.1, 0.15) is 5.82 Å². The molecule has 0 radical (unpaired) electrons. The maximum atomic E-state index is 13.0. The summed E-state index contributed by atoms with van der Waals surface area (Å²) in [6, 6.07) is 5.68. The molecule has 0 unspecified atom stereocenters. The van der Waals surface area contributed by atoms with Gasteiger partial charge in [0.05, 0.1) is 5.75 Å². The zero-order valence-electron chi connectivity index (χ0n) is 13.7. The van der Waals surface area contributed by atoms with Crippen molar-refractivity contribution in [2.45, 2.75) is 37.8 Å². The number of halogens is 1. The first-order chi connectivity index (χ1) is 10.2. The van der Waals surface area contributed by atoms with E-state index in [-0.39, 0.29) is 23.2 Å². The van der Waals surface area contributed by atoms with E-state index >= 15 is 0 Å². The highest BCUT2D eigenvalue weighted by molar-refractivity contribution is 7.89. The topological polar surface area (TPSA) is 40.6 Å². The quantitative estimate of drug-likeness (QED) is 0.806. The van der Waals surface area contributed by atoms with Gasteiger partial charge in [-0.25, -0.2) is 12.8 Å². The van der Waals surface area contributed by atoms with Crippen LogP contribution < -0.4 is 0 Å². The zero-order valence-corrected chi connectivity index (χ0v) is 14.5. The molecular formula is C16H25FN2O2S. The summed E-state index contributed by atoms with van der Waals surface area (Å²) < 4.78 is 39.9. The molecule has 2 rings (SSSR count). The molecule has 0 aliphatic heterocycles. The van der Waals surface area contributed by atoms with E-state index in [1.807, 2.05) is 25.9 Å². The fraction of sp³-hybridized carbons (Fsp3) is 0.625. The second-order valence-corrected chi connectivity index (χ2v) is 8.50.